The molecule has 8 nitrogen and oxygen atoms in total. The van der Waals surface area contributed by atoms with Gasteiger partial charge in [0.25, 0.3) is 0 Å². The number of aromatic carboxylic acids is 1. The van der Waals surface area contributed by atoms with Crippen molar-refractivity contribution in [3.63, 3.8) is 0 Å². The van der Waals surface area contributed by atoms with E-state index in [-0.39, 0.29) is 26.6 Å². The number of Topliss-reactive ketones (excluding diaryl/α,β-unsaturated/α-hetero) is 1. The van der Waals surface area contributed by atoms with Gasteiger partial charge in [-0.2, -0.15) is 5.10 Å². The summed E-state index contributed by atoms with van der Waals surface area (Å²) in [5.41, 5.74) is 2.28. The topological polar surface area (TPSA) is 99.9 Å². The maximum absolute atomic E-state index is 11.7. The molecule has 1 unspecified atom stereocenters. The first kappa shape index (κ1) is 42.0. The fraction of sp³-hybridized carbons (Fsp3) is 0.861. The Morgan fingerprint density at radius 1 is 0.830 bits per heavy atom. The Morgan fingerprint density at radius 3 is 1.74 bits per heavy atom. The molecule has 3 rings (SSSR count). The minimum Gasteiger partial charge on any atom is -0.476 e. The zero-order valence-corrected chi connectivity index (χ0v) is 35.9. The molecule has 0 radical (unpaired) electrons. The minimum absolute atomic E-state index is 0.0194. The first-order chi connectivity index (χ1) is 21.1. The molecule has 272 valence electrons. The van der Waals surface area contributed by atoms with Crippen molar-refractivity contribution in [2.45, 2.75) is 169 Å². The van der Waals surface area contributed by atoms with E-state index in [1.807, 2.05) is 0 Å². The number of hydrogen-bond acceptors (Lipinski definition) is 6. The van der Waals surface area contributed by atoms with E-state index in [2.05, 4.69) is 106 Å². The fourth-order valence-electron chi connectivity index (χ4n) is 5.26. The first-order valence-electron chi connectivity index (χ1n) is 17.8. The van der Waals surface area contributed by atoms with E-state index in [9.17, 15) is 14.7 Å². The molecule has 47 heavy (non-hydrogen) atoms. The van der Waals surface area contributed by atoms with Gasteiger partial charge in [-0.3, -0.25) is 4.79 Å². The standard InChI is InChI=1S/C22H42N2O4Si2.C14H28O2Si/c1-21(2,3)30(8,9)28-15-22(4)11-10-17-18(14-22)24(23-19(17)20(25)26)16-27-12-13-29(5,6)7;1-13(2,3)17(5,6)16-11-14(4)9-7-12(15)8-10-14/h10-16H2,1-9H3,(H,25,26);7-11H2,1-6H3. The van der Waals surface area contributed by atoms with Crippen LogP contribution in [0.25, 0.3) is 0 Å². The van der Waals surface area contributed by atoms with Crippen molar-refractivity contribution in [1.29, 1.82) is 0 Å². The third-order valence-electron chi connectivity index (χ3n) is 11.3. The van der Waals surface area contributed by atoms with Gasteiger partial charge in [-0.05, 0) is 85.2 Å². The maximum Gasteiger partial charge on any atom is 0.356 e. The molecule has 1 heterocycles. The van der Waals surface area contributed by atoms with Gasteiger partial charge in [0, 0.05) is 52.0 Å². The number of hydrogen-bond donors (Lipinski definition) is 1. The molecular formula is C36H70N2O6Si3. The van der Waals surface area contributed by atoms with Gasteiger partial charge in [-0.1, -0.05) is 75.0 Å². The summed E-state index contributed by atoms with van der Waals surface area (Å²) in [7, 11) is -4.64. The lowest BCUT2D eigenvalue weighted by Crippen LogP contribution is -2.44. The Morgan fingerprint density at radius 2 is 1.30 bits per heavy atom. The average Bonchev–Trinajstić information content (AvgIpc) is 3.27. The van der Waals surface area contributed by atoms with Crippen molar-refractivity contribution in [3.8, 4) is 0 Å². The average molecular weight is 711 g/mol. The van der Waals surface area contributed by atoms with Crippen LogP contribution in [-0.2, 0) is 38.0 Å². The van der Waals surface area contributed by atoms with Crippen LogP contribution >= 0.6 is 0 Å². The summed E-state index contributed by atoms with van der Waals surface area (Å²) in [6.07, 6.45) is 5.91. The van der Waals surface area contributed by atoms with Crippen molar-refractivity contribution < 1.29 is 28.3 Å². The number of fused-ring (bicyclic) bond motifs is 1. The molecule has 1 saturated carbocycles. The highest BCUT2D eigenvalue weighted by Crippen LogP contribution is 2.42. The third kappa shape index (κ3) is 12.3. The molecular weight excluding hydrogens is 641 g/mol. The van der Waals surface area contributed by atoms with Crippen molar-refractivity contribution in [2.24, 2.45) is 10.8 Å². The second kappa shape index (κ2) is 15.4. The van der Waals surface area contributed by atoms with Crippen LogP contribution in [0.4, 0.5) is 0 Å². The van der Waals surface area contributed by atoms with Gasteiger partial charge in [0.1, 0.15) is 12.5 Å². The number of carbonyl (C=O) groups excluding carboxylic acids is 1. The highest BCUT2D eigenvalue weighted by atomic mass is 28.4. The minimum atomic E-state index is -1.84. The highest BCUT2D eigenvalue weighted by Gasteiger charge is 2.42. The first-order valence-corrected chi connectivity index (χ1v) is 27.3. The summed E-state index contributed by atoms with van der Waals surface area (Å²) in [6.45, 7) is 36.8. The SMILES string of the molecule is CC1(CO[Si](C)(C)C(C)(C)C)CCC(=O)CC1.CC1(CO[Si](C)(C)C(C)(C)C)CCc2c(C(=O)O)nn(COCC[Si](C)(C)C)c2C1. The Bertz CT molecular complexity index is 1210. The number of ether oxygens (including phenoxy) is 1. The van der Waals surface area contributed by atoms with Crippen molar-refractivity contribution in [2.75, 3.05) is 19.8 Å². The zero-order valence-electron chi connectivity index (χ0n) is 32.9. The molecule has 0 saturated heterocycles. The summed E-state index contributed by atoms with van der Waals surface area (Å²) in [5.74, 6) is -0.525. The Kier molecular flexibility index (Phi) is 13.8. The Balaban J connectivity index is 0.000000382. The molecule has 0 aromatic carbocycles. The van der Waals surface area contributed by atoms with E-state index < -0.39 is 30.7 Å². The number of carboxylic acids is 1. The van der Waals surface area contributed by atoms with Gasteiger partial charge >= 0.3 is 5.97 Å². The summed E-state index contributed by atoms with van der Waals surface area (Å²) in [4.78, 5) is 23.0. The molecule has 2 aliphatic carbocycles. The molecule has 0 aliphatic heterocycles. The zero-order chi connectivity index (χ0) is 36.3. The lowest BCUT2D eigenvalue weighted by atomic mass is 9.75. The normalized spacial score (nSPS) is 20.8. The largest absolute Gasteiger partial charge is 0.476 e. The molecule has 0 bridgehead atoms. The monoisotopic (exact) mass is 710 g/mol. The molecule has 1 aromatic rings. The predicted molar refractivity (Wildman–Crippen MR) is 201 cm³/mol. The third-order valence-corrected chi connectivity index (χ3v) is 22.0. The van der Waals surface area contributed by atoms with E-state index in [4.69, 9.17) is 13.6 Å². The molecule has 1 atom stereocenters. The molecule has 0 amide bonds. The van der Waals surface area contributed by atoms with Gasteiger partial charge < -0.3 is 18.7 Å². The summed E-state index contributed by atoms with van der Waals surface area (Å²) in [6, 6.07) is 1.08. The van der Waals surface area contributed by atoms with E-state index in [1.54, 1.807) is 4.68 Å². The highest BCUT2D eigenvalue weighted by molar-refractivity contribution is 6.76. The smallest absolute Gasteiger partial charge is 0.356 e. The van der Waals surface area contributed by atoms with E-state index in [1.165, 1.54) is 0 Å². The van der Waals surface area contributed by atoms with Crippen molar-refractivity contribution in [1.82, 2.24) is 9.78 Å². The van der Waals surface area contributed by atoms with Crippen molar-refractivity contribution >= 4 is 36.5 Å². The maximum atomic E-state index is 11.7. The van der Waals surface area contributed by atoms with Gasteiger partial charge in [0.2, 0.25) is 0 Å². The van der Waals surface area contributed by atoms with E-state index in [0.717, 1.165) is 68.9 Å². The van der Waals surface area contributed by atoms with Crippen LogP contribution in [-0.4, -0.2) is 71.2 Å². The van der Waals surface area contributed by atoms with Crippen LogP contribution in [0.15, 0.2) is 0 Å². The van der Waals surface area contributed by atoms with E-state index >= 15 is 0 Å². The molecule has 0 spiro atoms. The number of carboxylic acid groups (broad SMARTS) is 1. The molecule has 11 heteroatoms. The molecule has 1 aromatic heterocycles. The second-order valence-corrected chi connectivity index (χ2v) is 34.6. The molecule has 1 N–H and O–H groups in total. The number of nitrogens with zero attached hydrogens (tertiary/aromatic N) is 2. The van der Waals surface area contributed by atoms with Crippen LogP contribution in [0, 0.1) is 10.8 Å². The predicted octanol–water partition coefficient (Wildman–Crippen LogP) is 9.57. The fourth-order valence-corrected chi connectivity index (χ4v) is 8.31. The van der Waals surface area contributed by atoms with Gasteiger partial charge in [0.15, 0.2) is 22.3 Å². The molecule has 1 fully saturated rings. The van der Waals surface area contributed by atoms with Gasteiger partial charge in [-0.25, -0.2) is 9.48 Å². The quantitative estimate of drug-likeness (QED) is 0.170. The Hall–Kier alpha value is -1.12. The van der Waals surface area contributed by atoms with Gasteiger partial charge in [0.05, 0.1) is 0 Å². The number of rotatable bonds is 12. The summed E-state index contributed by atoms with van der Waals surface area (Å²) < 4.78 is 20.5. The number of ketones is 1. The van der Waals surface area contributed by atoms with Crippen LogP contribution in [0.5, 0.6) is 0 Å². The lowest BCUT2D eigenvalue weighted by Gasteiger charge is -2.41. The van der Waals surface area contributed by atoms with Crippen LogP contribution in [0.1, 0.15) is 109 Å². The van der Waals surface area contributed by atoms with Crippen LogP contribution < -0.4 is 0 Å². The Labute approximate surface area is 290 Å². The summed E-state index contributed by atoms with van der Waals surface area (Å²) in [5, 5.41) is 14.5. The van der Waals surface area contributed by atoms with E-state index in [0.29, 0.717) is 25.7 Å². The second-order valence-electron chi connectivity index (χ2n) is 19.4. The summed E-state index contributed by atoms with van der Waals surface area (Å²) >= 11 is 0. The van der Waals surface area contributed by atoms with Gasteiger partial charge in [-0.15, -0.1) is 0 Å². The number of aromatic nitrogens is 2. The molecule has 2 aliphatic rings. The lowest BCUT2D eigenvalue weighted by molar-refractivity contribution is -0.122. The van der Waals surface area contributed by atoms with Crippen LogP contribution in [0.3, 0.4) is 0 Å². The number of carbonyl (C=O) groups is 2. The van der Waals surface area contributed by atoms with Crippen molar-refractivity contribution in [3.05, 3.63) is 17.0 Å². The van der Waals surface area contributed by atoms with Crippen LogP contribution in [0.2, 0.25) is 61.9 Å².